The largest absolute Gasteiger partial charge is 0.368 e. The minimum Gasteiger partial charge on any atom is -0.368 e. The van der Waals surface area contributed by atoms with Crippen molar-refractivity contribution in [1.29, 1.82) is 0 Å². The molecule has 3 saturated heterocycles. The molecule has 0 radical (unpaired) electrons. The second kappa shape index (κ2) is 8.78. The van der Waals surface area contributed by atoms with Crippen LogP contribution < -0.4 is 11.0 Å². The van der Waals surface area contributed by atoms with Crippen molar-refractivity contribution in [3.63, 3.8) is 0 Å². The second-order valence-electron chi connectivity index (χ2n) is 9.38. The number of amides is 3. The Morgan fingerprint density at radius 2 is 1.82 bits per heavy atom. The molecule has 176 valence electrons. The summed E-state index contributed by atoms with van der Waals surface area (Å²) in [6.45, 7) is 2.08. The monoisotopic (exact) mass is 454 g/mol. The number of piperidine rings is 2. The van der Waals surface area contributed by atoms with Gasteiger partial charge in [-0.3, -0.25) is 28.8 Å². The zero-order chi connectivity index (χ0) is 23.1. The number of likely N-dealkylation sites (tertiary alicyclic amines) is 1. The molecular formula is C24H30N4O5. The lowest BCUT2D eigenvalue weighted by Gasteiger charge is -2.35. The van der Waals surface area contributed by atoms with Gasteiger partial charge in [-0.15, -0.1) is 0 Å². The van der Waals surface area contributed by atoms with Gasteiger partial charge in [0.15, 0.2) is 0 Å². The smallest absolute Gasteiger partial charge is 0.329 e. The highest BCUT2D eigenvalue weighted by atomic mass is 16.5. The first kappa shape index (κ1) is 21.9. The van der Waals surface area contributed by atoms with Gasteiger partial charge in [0, 0.05) is 33.2 Å². The van der Waals surface area contributed by atoms with Crippen molar-refractivity contribution in [2.75, 3.05) is 19.7 Å². The molecule has 9 nitrogen and oxygen atoms in total. The van der Waals surface area contributed by atoms with E-state index < -0.39 is 11.9 Å². The Labute approximate surface area is 191 Å². The van der Waals surface area contributed by atoms with Crippen LogP contribution in [0.25, 0.3) is 11.0 Å². The lowest BCUT2D eigenvalue weighted by Crippen LogP contribution is -2.45. The molecule has 3 aliphatic heterocycles. The van der Waals surface area contributed by atoms with Crippen molar-refractivity contribution >= 4 is 28.8 Å². The summed E-state index contributed by atoms with van der Waals surface area (Å²) >= 11 is 0. The normalized spacial score (nSPS) is 24.8. The number of imidazole rings is 1. The quantitative estimate of drug-likeness (QED) is 0.710. The molecule has 3 aliphatic rings. The molecule has 3 amide bonds. The van der Waals surface area contributed by atoms with E-state index in [1.807, 2.05) is 23.1 Å². The van der Waals surface area contributed by atoms with E-state index in [1.54, 1.807) is 11.6 Å². The van der Waals surface area contributed by atoms with Gasteiger partial charge in [-0.1, -0.05) is 6.07 Å². The summed E-state index contributed by atoms with van der Waals surface area (Å²) in [6.07, 6.45) is 4.88. The van der Waals surface area contributed by atoms with E-state index in [9.17, 15) is 19.2 Å². The number of nitrogens with one attached hydrogen (secondary N) is 1. The van der Waals surface area contributed by atoms with Crippen LogP contribution in [0.1, 0.15) is 62.5 Å². The van der Waals surface area contributed by atoms with Gasteiger partial charge in [0.2, 0.25) is 11.8 Å². The highest BCUT2D eigenvalue weighted by molar-refractivity contribution is 6.00. The third-order valence-electron chi connectivity index (χ3n) is 7.37. The van der Waals surface area contributed by atoms with Crippen LogP contribution in [0, 0.1) is 0 Å². The van der Waals surface area contributed by atoms with Crippen LogP contribution in [0.3, 0.4) is 0 Å². The number of hydrogen-bond donors (Lipinski definition) is 1. The number of aryl methyl sites for hydroxylation is 1. The van der Waals surface area contributed by atoms with Crippen LogP contribution >= 0.6 is 0 Å². The van der Waals surface area contributed by atoms with Crippen LogP contribution in [-0.4, -0.2) is 57.6 Å². The molecule has 4 heterocycles. The van der Waals surface area contributed by atoms with E-state index in [0.29, 0.717) is 37.6 Å². The molecule has 1 aromatic carbocycles. The minimum absolute atomic E-state index is 0.118. The number of carbonyl (C=O) groups is 3. The second-order valence-corrected chi connectivity index (χ2v) is 9.38. The minimum atomic E-state index is -0.680. The van der Waals surface area contributed by atoms with Crippen molar-refractivity contribution in [3.8, 4) is 0 Å². The molecule has 2 unspecified atom stereocenters. The molecule has 1 aromatic heterocycles. The number of carbonyl (C=O) groups excluding carboxylic acids is 3. The Morgan fingerprint density at radius 3 is 2.52 bits per heavy atom. The van der Waals surface area contributed by atoms with Crippen LogP contribution in [0.2, 0.25) is 0 Å². The van der Waals surface area contributed by atoms with Gasteiger partial charge in [-0.05, 0) is 62.1 Å². The van der Waals surface area contributed by atoms with Gasteiger partial charge >= 0.3 is 5.69 Å². The van der Waals surface area contributed by atoms with Crippen LogP contribution in [0.5, 0.6) is 0 Å². The van der Waals surface area contributed by atoms with Crippen molar-refractivity contribution in [3.05, 3.63) is 34.2 Å². The number of fused-ring (bicyclic) bond motifs is 1. The fraction of sp³-hybridized carbons (Fsp3) is 0.583. The predicted molar refractivity (Wildman–Crippen MR) is 121 cm³/mol. The van der Waals surface area contributed by atoms with Crippen LogP contribution in [0.15, 0.2) is 23.0 Å². The summed E-state index contributed by atoms with van der Waals surface area (Å²) in [4.78, 5) is 51.6. The molecule has 0 spiro atoms. The van der Waals surface area contributed by atoms with E-state index in [-0.39, 0.29) is 30.0 Å². The molecule has 0 saturated carbocycles. The van der Waals surface area contributed by atoms with Gasteiger partial charge in [0.25, 0.3) is 5.91 Å². The summed E-state index contributed by atoms with van der Waals surface area (Å²) in [5, 5.41) is 2.34. The van der Waals surface area contributed by atoms with E-state index in [2.05, 4.69) is 5.32 Å². The third kappa shape index (κ3) is 3.99. The maximum Gasteiger partial charge on any atom is 0.329 e. The fourth-order valence-corrected chi connectivity index (χ4v) is 5.44. The zero-order valence-corrected chi connectivity index (χ0v) is 18.9. The molecule has 33 heavy (non-hydrogen) atoms. The molecular weight excluding hydrogens is 424 g/mol. The van der Waals surface area contributed by atoms with Crippen molar-refractivity contribution in [2.45, 2.75) is 63.0 Å². The fourth-order valence-electron chi connectivity index (χ4n) is 5.44. The standard InChI is InChI=1S/C24H30N4O5/c1-26-19-14-16(15-9-11-27(12-10-15)23(31)20-4-2-3-13-33-20)5-6-17(19)28(24(26)32)18-7-8-21(29)25-22(18)30/h5-6,14-15,18,20H,2-4,7-13H2,1H3,(H,25,29,30). The number of rotatable bonds is 3. The van der Waals surface area contributed by atoms with Gasteiger partial charge in [0.05, 0.1) is 11.0 Å². The van der Waals surface area contributed by atoms with Crippen molar-refractivity contribution in [2.24, 2.45) is 7.05 Å². The highest BCUT2D eigenvalue weighted by Gasteiger charge is 2.33. The summed E-state index contributed by atoms with van der Waals surface area (Å²) < 4.78 is 8.75. The maximum atomic E-state index is 13.0. The topological polar surface area (TPSA) is 103 Å². The Balaban J connectivity index is 1.34. The number of imide groups is 1. The highest BCUT2D eigenvalue weighted by Crippen LogP contribution is 2.32. The Hall–Kier alpha value is -2.94. The van der Waals surface area contributed by atoms with E-state index in [1.165, 1.54) is 4.57 Å². The summed E-state index contributed by atoms with van der Waals surface area (Å²) in [6, 6.07) is 5.28. The number of ether oxygens (including phenoxy) is 1. The van der Waals surface area contributed by atoms with E-state index >= 15 is 0 Å². The molecule has 2 atom stereocenters. The van der Waals surface area contributed by atoms with Crippen molar-refractivity contribution in [1.82, 2.24) is 19.4 Å². The molecule has 3 fully saturated rings. The van der Waals surface area contributed by atoms with Crippen molar-refractivity contribution < 1.29 is 19.1 Å². The van der Waals surface area contributed by atoms with Crippen LogP contribution in [0.4, 0.5) is 0 Å². The first-order valence-corrected chi connectivity index (χ1v) is 11.9. The average Bonchev–Trinajstić information content (AvgIpc) is 3.09. The first-order valence-electron chi connectivity index (χ1n) is 11.9. The lowest BCUT2D eigenvalue weighted by atomic mass is 9.89. The predicted octanol–water partition coefficient (Wildman–Crippen LogP) is 1.59. The summed E-state index contributed by atoms with van der Waals surface area (Å²) in [5.74, 6) is -0.303. The third-order valence-corrected chi connectivity index (χ3v) is 7.37. The first-order chi connectivity index (χ1) is 15.9. The average molecular weight is 455 g/mol. The molecule has 0 bridgehead atoms. The summed E-state index contributed by atoms with van der Waals surface area (Å²) in [7, 11) is 1.71. The Morgan fingerprint density at radius 1 is 1.03 bits per heavy atom. The molecule has 9 heteroatoms. The molecule has 5 rings (SSSR count). The number of benzene rings is 1. The molecule has 2 aromatic rings. The zero-order valence-electron chi connectivity index (χ0n) is 18.9. The number of nitrogens with zero attached hydrogens (tertiary/aromatic N) is 3. The molecule has 0 aliphatic carbocycles. The Bertz CT molecular complexity index is 1150. The van der Waals surface area contributed by atoms with Gasteiger partial charge in [0.1, 0.15) is 12.1 Å². The maximum absolute atomic E-state index is 13.0. The van der Waals surface area contributed by atoms with Gasteiger partial charge in [-0.25, -0.2) is 4.79 Å². The van der Waals surface area contributed by atoms with Gasteiger partial charge < -0.3 is 9.64 Å². The Kier molecular flexibility index (Phi) is 5.82. The SMILES string of the molecule is Cn1c(=O)n(C2CCC(=O)NC2=O)c2ccc(C3CCN(C(=O)C4CCCCO4)CC3)cc21. The summed E-state index contributed by atoms with van der Waals surface area (Å²) in [5.41, 5.74) is 2.35. The van der Waals surface area contributed by atoms with E-state index in [0.717, 1.165) is 43.2 Å². The van der Waals surface area contributed by atoms with Gasteiger partial charge in [-0.2, -0.15) is 0 Å². The number of aromatic nitrogens is 2. The van der Waals surface area contributed by atoms with Crippen LogP contribution in [-0.2, 0) is 26.2 Å². The number of hydrogen-bond acceptors (Lipinski definition) is 5. The molecule has 1 N–H and O–H groups in total. The van der Waals surface area contributed by atoms with E-state index in [4.69, 9.17) is 4.74 Å². The lowest BCUT2D eigenvalue weighted by molar-refractivity contribution is -0.147.